The molecule has 4 aromatic heterocycles. The van der Waals surface area contributed by atoms with E-state index in [1.165, 1.54) is 18.5 Å². The summed E-state index contributed by atoms with van der Waals surface area (Å²) < 4.78 is 17.0. The van der Waals surface area contributed by atoms with Gasteiger partial charge in [0.05, 0.1) is 42.8 Å². The van der Waals surface area contributed by atoms with Gasteiger partial charge in [0.25, 0.3) is 0 Å². The minimum Gasteiger partial charge on any atom is -0.486 e. The number of aliphatic hydroxyl groups excluding tert-OH is 1. The Morgan fingerprint density at radius 1 is 0.933 bits per heavy atom. The van der Waals surface area contributed by atoms with E-state index in [4.69, 9.17) is 24.5 Å². The molecule has 1 aliphatic heterocycles. The first-order valence-corrected chi connectivity index (χ1v) is 15.9. The Kier molecular flexibility index (Phi) is 6.11. The Morgan fingerprint density at radius 3 is 2.47 bits per heavy atom. The fourth-order valence-corrected chi connectivity index (χ4v) is 6.63. The normalized spacial score (nSPS) is 17.7. The quantitative estimate of drug-likeness (QED) is 0.228. The van der Waals surface area contributed by atoms with Crippen LogP contribution in [0.15, 0.2) is 60.9 Å². The number of hydrogen-bond acceptors (Lipinski definition) is 7. The highest BCUT2D eigenvalue weighted by Gasteiger charge is 2.35. The fraction of sp³-hybridized carbons (Fsp3) is 0.371. The number of ether oxygens (including phenoxy) is 2. The SMILES string of the molecule is Cn1cc2cc(-c3nc(-c4cccc5nn(C[C@H](O)c6ccc(OC7COC7)cc6)cc45)c(C4CC4)n3C)c(C3CC3)nc2n1. The van der Waals surface area contributed by atoms with E-state index in [-0.39, 0.29) is 6.10 Å². The molecule has 1 atom stereocenters. The number of aryl methyl sites for hydroxylation is 1. The minimum absolute atomic E-state index is 0.115. The molecule has 2 aliphatic carbocycles. The van der Waals surface area contributed by atoms with E-state index in [2.05, 4.69) is 34.9 Å². The molecular formula is C35H35N7O3. The summed E-state index contributed by atoms with van der Waals surface area (Å²) in [5, 5.41) is 22.6. The van der Waals surface area contributed by atoms with Crippen LogP contribution in [-0.4, -0.2) is 58.5 Å². The van der Waals surface area contributed by atoms with Crippen molar-refractivity contribution in [1.82, 2.24) is 34.1 Å². The van der Waals surface area contributed by atoms with E-state index in [0.717, 1.165) is 74.4 Å². The van der Waals surface area contributed by atoms with Crippen molar-refractivity contribution < 1.29 is 14.6 Å². The summed E-state index contributed by atoms with van der Waals surface area (Å²) in [6, 6.07) is 16.1. The highest BCUT2D eigenvalue weighted by molar-refractivity contribution is 5.95. The molecule has 10 heteroatoms. The molecule has 0 unspecified atom stereocenters. The van der Waals surface area contributed by atoms with E-state index in [1.54, 1.807) is 0 Å². The summed E-state index contributed by atoms with van der Waals surface area (Å²) in [7, 11) is 4.10. The molecule has 0 bridgehead atoms. The van der Waals surface area contributed by atoms with Crippen LogP contribution in [0.2, 0.25) is 0 Å². The smallest absolute Gasteiger partial charge is 0.181 e. The van der Waals surface area contributed by atoms with E-state index in [9.17, 15) is 5.11 Å². The molecule has 0 spiro atoms. The lowest BCUT2D eigenvalue weighted by Gasteiger charge is -2.26. The zero-order valence-electron chi connectivity index (χ0n) is 25.4. The number of nitrogens with zero attached hydrogens (tertiary/aromatic N) is 7. The average Bonchev–Trinajstić information content (AvgIpc) is 3.93. The zero-order chi connectivity index (χ0) is 30.2. The van der Waals surface area contributed by atoms with Crippen LogP contribution in [-0.2, 0) is 25.4 Å². The van der Waals surface area contributed by atoms with Gasteiger partial charge in [0.1, 0.15) is 17.7 Å². The van der Waals surface area contributed by atoms with Gasteiger partial charge in [0, 0.05) is 65.9 Å². The second-order valence-electron chi connectivity index (χ2n) is 12.9. The third-order valence-corrected chi connectivity index (χ3v) is 9.33. The van der Waals surface area contributed by atoms with E-state index < -0.39 is 6.10 Å². The van der Waals surface area contributed by atoms with Crippen LogP contribution in [0.1, 0.15) is 60.6 Å². The van der Waals surface area contributed by atoms with Gasteiger partial charge in [-0.25, -0.2) is 9.97 Å². The lowest BCUT2D eigenvalue weighted by molar-refractivity contribution is -0.0796. The Bertz CT molecular complexity index is 2060. The molecule has 1 saturated heterocycles. The molecule has 0 radical (unpaired) electrons. The topological polar surface area (TPSA) is 105 Å². The van der Waals surface area contributed by atoms with E-state index in [1.807, 2.05) is 59.1 Å². The summed E-state index contributed by atoms with van der Waals surface area (Å²) in [6.45, 7) is 1.59. The first-order valence-electron chi connectivity index (χ1n) is 15.9. The molecule has 3 fully saturated rings. The Morgan fingerprint density at radius 2 is 1.73 bits per heavy atom. The second kappa shape index (κ2) is 10.3. The fourth-order valence-electron chi connectivity index (χ4n) is 6.63. The summed E-state index contributed by atoms with van der Waals surface area (Å²) in [5.41, 5.74) is 8.08. The van der Waals surface area contributed by atoms with Crippen LogP contribution >= 0.6 is 0 Å². The molecule has 228 valence electrons. The number of pyridine rings is 1. The van der Waals surface area contributed by atoms with Gasteiger partial charge in [-0.1, -0.05) is 24.3 Å². The standard InChI is InChI=1S/C35H35N7O3/c1-40-15-23-14-27(31(21-6-7-21)36-34(23)39-40)35-37-32(33(41(35)2)22-8-9-22)26-4-3-5-29-28(26)16-42(38-29)17-30(43)20-10-12-24(13-11-20)45-25-18-44-19-25/h3-5,10-16,21-22,25,30,43H,6-9,17-19H2,1-2H3/t30-/m0/s1. The first-order chi connectivity index (χ1) is 22.0. The third kappa shape index (κ3) is 4.80. The Labute approximate surface area is 260 Å². The summed E-state index contributed by atoms with van der Waals surface area (Å²) >= 11 is 0. The van der Waals surface area contributed by atoms with Crippen LogP contribution in [0.5, 0.6) is 5.75 Å². The number of hydrogen-bond donors (Lipinski definition) is 1. The third-order valence-electron chi connectivity index (χ3n) is 9.33. The number of aromatic nitrogens is 7. The zero-order valence-corrected chi connectivity index (χ0v) is 25.4. The molecule has 45 heavy (non-hydrogen) atoms. The van der Waals surface area contributed by atoms with Gasteiger partial charge in [-0.15, -0.1) is 0 Å². The number of rotatable bonds is 9. The van der Waals surface area contributed by atoms with Crippen LogP contribution in [0.3, 0.4) is 0 Å². The van der Waals surface area contributed by atoms with Crippen LogP contribution in [0, 0.1) is 0 Å². The summed E-state index contributed by atoms with van der Waals surface area (Å²) in [4.78, 5) is 10.4. The van der Waals surface area contributed by atoms with Gasteiger partial charge < -0.3 is 19.1 Å². The van der Waals surface area contributed by atoms with Crippen molar-refractivity contribution in [3.8, 4) is 28.4 Å². The molecule has 0 amide bonds. The molecule has 9 rings (SSSR count). The van der Waals surface area contributed by atoms with Gasteiger partial charge in [0.2, 0.25) is 0 Å². The van der Waals surface area contributed by atoms with E-state index >= 15 is 0 Å². The van der Waals surface area contributed by atoms with Crippen molar-refractivity contribution in [2.24, 2.45) is 14.1 Å². The second-order valence-corrected chi connectivity index (χ2v) is 12.9. The van der Waals surface area contributed by atoms with Gasteiger partial charge in [-0.05, 0) is 55.5 Å². The van der Waals surface area contributed by atoms with Crippen LogP contribution < -0.4 is 4.74 Å². The maximum absolute atomic E-state index is 11.1. The molecule has 1 N–H and O–H groups in total. The summed E-state index contributed by atoms with van der Waals surface area (Å²) in [6.07, 6.45) is 8.14. The molecule has 2 saturated carbocycles. The van der Waals surface area contributed by atoms with Gasteiger partial charge in [-0.3, -0.25) is 9.36 Å². The molecule has 5 heterocycles. The van der Waals surface area contributed by atoms with Crippen molar-refractivity contribution in [2.75, 3.05) is 13.2 Å². The molecular weight excluding hydrogens is 566 g/mol. The van der Waals surface area contributed by atoms with Crippen molar-refractivity contribution in [2.45, 2.75) is 56.3 Å². The lowest BCUT2D eigenvalue weighted by atomic mass is 10.0. The predicted molar refractivity (Wildman–Crippen MR) is 170 cm³/mol. The number of aliphatic hydroxyl groups is 1. The van der Waals surface area contributed by atoms with Crippen molar-refractivity contribution >= 4 is 21.9 Å². The maximum Gasteiger partial charge on any atom is 0.181 e. The van der Waals surface area contributed by atoms with Crippen LogP contribution in [0.4, 0.5) is 0 Å². The van der Waals surface area contributed by atoms with Gasteiger partial charge in [-0.2, -0.15) is 10.2 Å². The minimum atomic E-state index is -0.705. The Hall–Kier alpha value is -4.54. The summed E-state index contributed by atoms with van der Waals surface area (Å²) in [5.74, 6) is 2.70. The number of fused-ring (bicyclic) bond motifs is 2. The highest BCUT2D eigenvalue weighted by atomic mass is 16.6. The predicted octanol–water partition coefficient (Wildman–Crippen LogP) is 5.65. The van der Waals surface area contributed by atoms with Crippen LogP contribution in [0.25, 0.3) is 44.6 Å². The number of imidazole rings is 1. The molecule has 10 nitrogen and oxygen atoms in total. The first kappa shape index (κ1) is 26.8. The van der Waals surface area contributed by atoms with Crippen molar-refractivity contribution in [1.29, 1.82) is 0 Å². The largest absolute Gasteiger partial charge is 0.486 e. The Balaban J connectivity index is 1.07. The van der Waals surface area contributed by atoms with Crippen molar-refractivity contribution in [3.05, 3.63) is 77.9 Å². The van der Waals surface area contributed by atoms with Gasteiger partial charge in [0.15, 0.2) is 5.65 Å². The lowest BCUT2D eigenvalue weighted by Crippen LogP contribution is -2.38. The number of benzene rings is 2. The molecule has 2 aromatic carbocycles. The molecule has 6 aromatic rings. The van der Waals surface area contributed by atoms with Gasteiger partial charge >= 0.3 is 0 Å². The van der Waals surface area contributed by atoms with E-state index in [0.29, 0.717) is 31.6 Å². The monoisotopic (exact) mass is 601 g/mol. The average molecular weight is 602 g/mol. The van der Waals surface area contributed by atoms with Crippen molar-refractivity contribution in [3.63, 3.8) is 0 Å². The highest BCUT2D eigenvalue weighted by Crippen LogP contribution is 2.49. The molecule has 3 aliphatic rings. The maximum atomic E-state index is 11.1.